The van der Waals surface area contributed by atoms with Crippen LogP contribution in [0, 0.1) is 0 Å². The van der Waals surface area contributed by atoms with Crippen LogP contribution in [0.4, 0.5) is 0 Å². The van der Waals surface area contributed by atoms with E-state index in [2.05, 4.69) is 0 Å². The summed E-state index contributed by atoms with van der Waals surface area (Å²) in [6.07, 6.45) is 8.94. The van der Waals surface area contributed by atoms with Crippen LogP contribution in [0.15, 0.2) is 12.2 Å². The summed E-state index contributed by atoms with van der Waals surface area (Å²) in [6, 6.07) is 0. The van der Waals surface area contributed by atoms with Gasteiger partial charge in [0, 0.05) is 6.08 Å². The Morgan fingerprint density at radius 2 is 1.75 bits per heavy atom. The fourth-order valence-corrected chi connectivity index (χ4v) is 1.45. The third-order valence-corrected chi connectivity index (χ3v) is 2.38. The van der Waals surface area contributed by atoms with Crippen LogP contribution in [0.25, 0.3) is 0 Å². The minimum absolute atomic E-state index is 0.153. The van der Waals surface area contributed by atoms with E-state index in [1.807, 2.05) is 0 Å². The molecular formula is C12H22O4. The minimum atomic E-state index is -0.891. The maximum Gasteiger partial charge on any atom is 0.327 e. The molecule has 0 aliphatic rings. The average molecular weight is 230 g/mol. The molecule has 94 valence electrons. The number of unbranched alkanes of at least 4 members (excludes halogenated alkanes) is 5. The lowest BCUT2D eigenvalue weighted by molar-refractivity contribution is -0.131. The Bertz CT molecular complexity index is 201. The fraction of sp³-hybridized carbons (Fsp3) is 0.750. The molecule has 0 heterocycles. The number of carbonyl (C=O) groups is 1. The largest absolute Gasteiger partial charge is 0.478 e. The van der Waals surface area contributed by atoms with E-state index < -0.39 is 12.1 Å². The van der Waals surface area contributed by atoms with E-state index in [0.717, 1.165) is 38.5 Å². The van der Waals surface area contributed by atoms with Crippen molar-refractivity contribution in [3.8, 4) is 0 Å². The molecule has 0 saturated carbocycles. The monoisotopic (exact) mass is 230 g/mol. The Morgan fingerprint density at radius 1 is 1.12 bits per heavy atom. The zero-order valence-electron chi connectivity index (χ0n) is 9.64. The number of rotatable bonds is 10. The van der Waals surface area contributed by atoms with Gasteiger partial charge >= 0.3 is 5.97 Å². The molecule has 0 aromatic heterocycles. The Balaban J connectivity index is 3.13. The zero-order valence-corrected chi connectivity index (χ0v) is 9.64. The van der Waals surface area contributed by atoms with Crippen molar-refractivity contribution in [3.63, 3.8) is 0 Å². The summed E-state index contributed by atoms with van der Waals surface area (Å²) in [6.45, 7) is -0.153. The second-order valence-electron chi connectivity index (χ2n) is 3.92. The van der Waals surface area contributed by atoms with Crippen molar-refractivity contribution < 1.29 is 20.1 Å². The topological polar surface area (TPSA) is 77.8 Å². The van der Waals surface area contributed by atoms with Gasteiger partial charge in [-0.2, -0.15) is 0 Å². The van der Waals surface area contributed by atoms with E-state index in [1.165, 1.54) is 6.08 Å². The molecule has 0 spiro atoms. The lowest BCUT2D eigenvalue weighted by atomic mass is 10.1. The van der Waals surface area contributed by atoms with Gasteiger partial charge in [-0.1, -0.05) is 31.8 Å². The number of hydrogen-bond donors (Lipinski definition) is 3. The Labute approximate surface area is 96.6 Å². The summed E-state index contributed by atoms with van der Waals surface area (Å²) >= 11 is 0. The van der Waals surface area contributed by atoms with Gasteiger partial charge in [0.2, 0.25) is 0 Å². The molecule has 0 unspecified atom stereocenters. The molecule has 0 fully saturated rings. The summed E-state index contributed by atoms with van der Waals surface area (Å²) in [5.41, 5.74) is 0. The highest BCUT2D eigenvalue weighted by atomic mass is 16.4. The summed E-state index contributed by atoms with van der Waals surface area (Å²) in [5.74, 6) is -0.891. The molecule has 0 rings (SSSR count). The van der Waals surface area contributed by atoms with Gasteiger partial charge in [0.05, 0.1) is 12.7 Å². The predicted octanol–water partition coefficient (Wildman–Crippen LogP) is 1.71. The molecule has 0 bridgehead atoms. The number of hydrogen-bond acceptors (Lipinski definition) is 3. The van der Waals surface area contributed by atoms with Crippen molar-refractivity contribution in [2.45, 2.75) is 51.0 Å². The first-order valence-corrected chi connectivity index (χ1v) is 5.85. The molecule has 1 atom stereocenters. The SMILES string of the molecule is O=C(O)/C=C\CCCCCCC[C@@H](O)CO. The Kier molecular flexibility index (Phi) is 10.1. The van der Waals surface area contributed by atoms with Crippen LogP contribution >= 0.6 is 0 Å². The van der Waals surface area contributed by atoms with Gasteiger partial charge in [-0.25, -0.2) is 4.79 Å². The van der Waals surface area contributed by atoms with Gasteiger partial charge in [-0.3, -0.25) is 0 Å². The van der Waals surface area contributed by atoms with E-state index in [0.29, 0.717) is 6.42 Å². The highest BCUT2D eigenvalue weighted by molar-refractivity contribution is 5.79. The van der Waals surface area contributed by atoms with Crippen molar-refractivity contribution in [2.75, 3.05) is 6.61 Å². The minimum Gasteiger partial charge on any atom is -0.478 e. The molecule has 4 heteroatoms. The summed E-state index contributed by atoms with van der Waals surface area (Å²) in [4.78, 5) is 10.1. The molecule has 0 radical (unpaired) electrons. The van der Waals surface area contributed by atoms with E-state index in [1.54, 1.807) is 6.08 Å². The number of aliphatic hydroxyl groups excluding tert-OH is 2. The number of aliphatic hydroxyl groups is 2. The van der Waals surface area contributed by atoms with Crippen LogP contribution in [0.1, 0.15) is 44.9 Å². The van der Waals surface area contributed by atoms with E-state index in [-0.39, 0.29) is 6.61 Å². The quantitative estimate of drug-likeness (QED) is 0.394. The third kappa shape index (κ3) is 11.2. The third-order valence-electron chi connectivity index (χ3n) is 2.38. The van der Waals surface area contributed by atoms with Gasteiger partial charge in [0.25, 0.3) is 0 Å². The number of carboxylic acids is 1. The van der Waals surface area contributed by atoms with Crippen LogP contribution in [-0.4, -0.2) is 34.0 Å². The number of allylic oxidation sites excluding steroid dienone is 1. The van der Waals surface area contributed by atoms with Crippen LogP contribution in [0.2, 0.25) is 0 Å². The van der Waals surface area contributed by atoms with Crippen molar-refractivity contribution in [1.29, 1.82) is 0 Å². The van der Waals surface area contributed by atoms with Gasteiger partial charge in [0.1, 0.15) is 0 Å². The molecule has 4 nitrogen and oxygen atoms in total. The second kappa shape index (κ2) is 10.6. The summed E-state index contributed by atoms with van der Waals surface area (Å²) in [7, 11) is 0. The normalized spacial score (nSPS) is 13.1. The highest BCUT2D eigenvalue weighted by Crippen LogP contribution is 2.08. The first-order chi connectivity index (χ1) is 7.66. The van der Waals surface area contributed by atoms with E-state index in [9.17, 15) is 4.79 Å². The second-order valence-corrected chi connectivity index (χ2v) is 3.92. The zero-order chi connectivity index (χ0) is 12.2. The van der Waals surface area contributed by atoms with Crippen molar-refractivity contribution >= 4 is 5.97 Å². The number of aliphatic carboxylic acids is 1. The molecule has 16 heavy (non-hydrogen) atoms. The lowest BCUT2D eigenvalue weighted by Gasteiger charge is -2.05. The van der Waals surface area contributed by atoms with Crippen LogP contribution in [-0.2, 0) is 4.79 Å². The van der Waals surface area contributed by atoms with Crippen LogP contribution in [0.5, 0.6) is 0 Å². The van der Waals surface area contributed by atoms with Gasteiger partial charge in [-0.15, -0.1) is 0 Å². The summed E-state index contributed by atoms with van der Waals surface area (Å²) in [5, 5.41) is 26.0. The van der Waals surface area contributed by atoms with E-state index >= 15 is 0 Å². The summed E-state index contributed by atoms with van der Waals surface area (Å²) < 4.78 is 0. The van der Waals surface area contributed by atoms with Crippen LogP contribution in [0.3, 0.4) is 0 Å². The first kappa shape index (κ1) is 15.1. The van der Waals surface area contributed by atoms with Crippen molar-refractivity contribution in [3.05, 3.63) is 12.2 Å². The Morgan fingerprint density at radius 3 is 2.38 bits per heavy atom. The molecule has 0 aliphatic heterocycles. The molecule has 0 amide bonds. The van der Waals surface area contributed by atoms with Crippen molar-refractivity contribution in [1.82, 2.24) is 0 Å². The maximum absolute atomic E-state index is 10.1. The van der Waals surface area contributed by atoms with Gasteiger partial charge in [0.15, 0.2) is 0 Å². The molecule has 3 N–H and O–H groups in total. The van der Waals surface area contributed by atoms with Gasteiger partial charge < -0.3 is 15.3 Å². The molecule has 0 saturated heterocycles. The lowest BCUT2D eigenvalue weighted by Crippen LogP contribution is -2.10. The standard InChI is InChI=1S/C12H22O4/c13-10-11(14)8-6-4-2-1-3-5-7-9-12(15)16/h7,9,11,13-14H,1-6,8,10H2,(H,15,16)/b9-7-/t11-/m1/s1. The smallest absolute Gasteiger partial charge is 0.327 e. The fourth-order valence-electron chi connectivity index (χ4n) is 1.45. The maximum atomic E-state index is 10.1. The highest BCUT2D eigenvalue weighted by Gasteiger charge is 2.00. The average Bonchev–Trinajstić information content (AvgIpc) is 2.26. The molecule has 0 aromatic carbocycles. The van der Waals surface area contributed by atoms with Crippen molar-refractivity contribution in [2.24, 2.45) is 0 Å². The molecular weight excluding hydrogens is 208 g/mol. The van der Waals surface area contributed by atoms with Crippen LogP contribution < -0.4 is 0 Å². The Hall–Kier alpha value is -0.870. The molecule has 0 aromatic rings. The number of carboxylic acid groups (broad SMARTS) is 1. The molecule has 0 aliphatic carbocycles. The predicted molar refractivity (Wildman–Crippen MR) is 62.2 cm³/mol. The first-order valence-electron chi connectivity index (χ1n) is 5.85. The van der Waals surface area contributed by atoms with E-state index in [4.69, 9.17) is 15.3 Å². The van der Waals surface area contributed by atoms with Gasteiger partial charge in [-0.05, 0) is 19.3 Å².